The third kappa shape index (κ3) is 3.73. The zero-order chi connectivity index (χ0) is 21.3. The quantitative estimate of drug-likeness (QED) is 0.486. The van der Waals surface area contributed by atoms with E-state index in [4.69, 9.17) is 4.74 Å². The van der Waals surface area contributed by atoms with Crippen molar-refractivity contribution in [2.24, 2.45) is 0 Å². The number of nitrogens with zero attached hydrogens (tertiary/aromatic N) is 5. The number of amides is 1. The minimum atomic E-state index is -0.0562. The molecule has 0 aliphatic heterocycles. The number of fused-ring (bicyclic) bond motifs is 1. The second-order valence-electron chi connectivity index (χ2n) is 7.01. The number of methoxy groups -OCH3 is 1. The smallest absolute Gasteiger partial charge is 0.264 e. The highest BCUT2D eigenvalue weighted by Gasteiger charge is 2.22. The third-order valence-electron chi connectivity index (χ3n) is 4.88. The maximum Gasteiger partial charge on any atom is 0.264 e. The van der Waals surface area contributed by atoms with Gasteiger partial charge >= 0.3 is 0 Å². The van der Waals surface area contributed by atoms with Crippen LogP contribution in [0.25, 0.3) is 21.5 Å². The number of carbonyl (C=O) groups excluding carboxylic acids is 1. The molecular formula is C22H21N5O2S. The van der Waals surface area contributed by atoms with E-state index in [0.717, 1.165) is 38.3 Å². The molecule has 0 saturated heterocycles. The molecule has 30 heavy (non-hydrogen) atoms. The predicted molar refractivity (Wildman–Crippen MR) is 117 cm³/mol. The average Bonchev–Trinajstić information content (AvgIpc) is 3.10. The first-order valence-electron chi connectivity index (χ1n) is 9.39. The van der Waals surface area contributed by atoms with E-state index < -0.39 is 0 Å². The van der Waals surface area contributed by atoms with E-state index in [1.165, 1.54) is 17.7 Å². The fraction of sp³-hybridized carbons (Fsp3) is 0.227. The monoisotopic (exact) mass is 419 g/mol. The van der Waals surface area contributed by atoms with Gasteiger partial charge in [0.1, 0.15) is 11.2 Å². The van der Waals surface area contributed by atoms with E-state index in [-0.39, 0.29) is 5.91 Å². The number of thiophene rings is 1. The molecule has 0 aromatic carbocycles. The van der Waals surface area contributed by atoms with Gasteiger partial charge in [0.25, 0.3) is 5.91 Å². The summed E-state index contributed by atoms with van der Waals surface area (Å²) in [6, 6.07) is 7.65. The van der Waals surface area contributed by atoms with Gasteiger partial charge in [0.2, 0.25) is 5.88 Å². The summed E-state index contributed by atoms with van der Waals surface area (Å²) in [5.74, 6) is 0.470. The Morgan fingerprint density at radius 2 is 1.97 bits per heavy atom. The van der Waals surface area contributed by atoms with Crippen LogP contribution in [0.4, 0.5) is 0 Å². The summed E-state index contributed by atoms with van der Waals surface area (Å²) in [6.07, 6.45) is 5.02. The summed E-state index contributed by atoms with van der Waals surface area (Å²) in [4.78, 5) is 33.7. The first kappa shape index (κ1) is 19.9. The highest BCUT2D eigenvalue weighted by Crippen LogP contribution is 2.35. The zero-order valence-corrected chi connectivity index (χ0v) is 18.0. The molecule has 4 rings (SSSR count). The number of ether oxygens (including phenoxy) is 1. The topological polar surface area (TPSA) is 81.1 Å². The summed E-state index contributed by atoms with van der Waals surface area (Å²) in [5, 5.41) is 0.899. The Labute approximate surface area is 178 Å². The molecule has 7 nitrogen and oxygen atoms in total. The number of rotatable bonds is 5. The molecule has 0 N–H and O–H groups in total. The van der Waals surface area contributed by atoms with E-state index in [0.29, 0.717) is 17.3 Å². The van der Waals surface area contributed by atoms with Crippen LogP contribution in [0, 0.1) is 13.8 Å². The molecule has 0 fully saturated rings. The third-order valence-corrected chi connectivity index (χ3v) is 6.07. The van der Waals surface area contributed by atoms with E-state index in [2.05, 4.69) is 19.9 Å². The molecule has 0 bridgehead atoms. The highest BCUT2D eigenvalue weighted by molar-refractivity contribution is 7.20. The molecule has 152 valence electrons. The van der Waals surface area contributed by atoms with Gasteiger partial charge in [-0.1, -0.05) is 0 Å². The number of hydrogen-bond donors (Lipinski definition) is 0. The van der Waals surface area contributed by atoms with Crippen LogP contribution in [-0.2, 0) is 6.54 Å². The largest absolute Gasteiger partial charge is 0.481 e. The van der Waals surface area contributed by atoms with Crippen LogP contribution in [-0.4, -0.2) is 44.9 Å². The van der Waals surface area contributed by atoms with Crippen molar-refractivity contribution < 1.29 is 9.53 Å². The van der Waals surface area contributed by atoms with Crippen LogP contribution in [0.3, 0.4) is 0 Å². The maximum absolute atomic E-state index is 13.2. The van der Waals surface area contributed by atoms with Gasteiger partial charge in [-0.3, -0.25) is 9.78 Å². The molecule has 1 amide bonds. The van der Waals surface area contributed by atoms with Crippen molar-refractivity contribution in [3.8, 4) is 17.1 Å². The Bertz CT molecular complexity index is 1220. The second-order valence-corrected chi connectivity index (χ2v) is 8.01. The van der Waals surface area contributed by atoms with Crippen molar-refractivity contribution in [3.63, 3.8) is 0 Å². The molecule has 0 radical (unpaired) electrons. The minimum Gasteiger partial charge on any atom is -0.481 e. The number of hydrogen-bond acceptors (Lipinski definition) is 7. The maximum atomic E-state index is 13.2. The molecule has 0 spiro atoms. The molecule has 0 aliphatic carbocycles. The van der Waals surface area contributed by atoms with Crippen LogP contribution >= 0.6 is 11.3 Å². The van der Waals surface area contributed by atoms with Gasteiger partial charge in [-0.2, -0.15) is 0 Å². The second kappa shape index (κ2) is 8.16. The van der Waals surface area contributed by atoms with Crippen molar-refractivity contribution in [1.29, 1.82) is 0 Å². The Morgan fingerprint density at radius 1 is 1.13 bits per heavy atom. The average molecular weight is 420 g/mol. The van der Waals surface area contributed by atoms with E-state index in [1.54, 1.807) is 31.5 Å². The molecule has 4 aromatic rings. The van der Waals surface area contributed by atoms with Crippen LogP contribution in [0.5, 0.6) is 5.88 Å². The Kier molecular flexibility index (Phi) is 5.41. The summed E-state index contributed by atoms with van der Waals surface area (Å²) in [6.45, 7) is 4.34. The highest BCUT2D eigenvalue weighted by atomic mass is 32.1. The van der Waals surface area contributed by atoms with Gasteiger partial charge < -0.3 is 9.64 Å². The lowest BCUT2D eigenvalue weighted by atomic mass is 10.1. The number of aryl methyl sites for hydroxylation is 2. The lowest BCUT2D eigenvalue weighted by Gasteiger charge is -2.17. The number of aromatic nitrogens is 4. The first-order chi connectivity index (χ1) is 14.5. The molecule has 0 aliphatic rings. The molecule has 4 aromatic heterocycles. The summed E-state index contributed by atoms with van der Waals surface area (Å²) in [5.41, 5.74) is 4.47. The van der Waals surface area contributed by atoms with Gasteiger partial charge in [-0.15, -0.1) is 11.3 Å². The van der Waals surface area contributed by atoms with Crippen molar-refractivity contribution in [1.82, 2.24) is 24.8 Å². The molecule has 0 unspecified atom stereocenters. The van der Waals surface area contributed by atoms with Crippen molar-refractivity contribution in [2.45, 2.75) is 20.4 Å². The number of carbonyl (C=O) groups is 1. The van der Waals surface area contributed by atoms with Gasteiger partial charge in [-0.25, -0.2) is 15.0 Å². The van der Waals surface area contributed by atoms with Gasteiger partial charge in [0.05, 0.1) is 17.7 Å². The fourth-order valence-electron chi connectivity index (χ4n) is 3.28. The molecule has 0 saturated carbocycles. The normalized spacial score (nSPS) is 10.9. The molecular weight excluding hydrogens is 398 g/mol. The summed E-state index contributed by atoms with van der Waals surface area (Å²) in [7, 11) is 3.36. The molecule has 4 heterocycles. The van der Waals surface area contributed by atoms with Crippen molar-refractivity contribution in [3.05, 3.63) is 64.7 Å². The lowest BCUT2D eigenvalue weighted by Crippen LogP contribution is -2.26. The van der Waals surface area contributed by atoms with E-state index >= 15 is 0 Å². The Balaban J connectivity index is 1.68. The standard InChI is InChI=1S/C22H21N5O2S/c1-13-5-6-16(10-24-13)19-18-14(2)20(30-21(18)26-12-25-19)22(28)27(3)11-15-7-8-23-17(9-15)29-4/h5-10,12H,11H2,1-4H3. The predicted octanol–water partition coefficient (Wildman–Crippen LogP) is 4.05. The fourth-order valence-corrected chi connectivity index (χ4v) is 4.43. The lowest BCUT2D eigenvalue weighted by molar-refractivity contribution is 0.0789. The van der Waals surface area contributed by atoms with Crippen molar-refractivity contribution >= 4 is 27.5 Å². The van der Waals surface area contributed by atoms with Gasteiger partial charge in [0.15, 0.2) is 0 Å². The van der Waals surface area contributed by atoms with Crippen LogP contribution < -0.4 is 4.74 Å². The zero-order valence-electron chi connectivity index (χ0n) is 17.2. The van der Waals surface area contributed by atoms with Crippen LogP contribution in [0.2, 0.25) is 0 Å². The van der Waals surface area contributed by atoms with E-state index in [9.17, 15) is 4.79 Å². The van der Waals surface area contributed by atoms with E-state index in [1.807, 2.05) is 38.1 Å². The molecule has 8 heteroatoms. The number of pyridine rings is 2. The minimum absolute atomic E-state index is 0.0562. The summed E-state index contributed by atoms with van der Waals surface area (Å²) < 4.78 is 5.17. The van der Waals surface area contributed by atoms with Gasteiger partial charge in [0, 0.05) is 48.7 Å². The SMILES string of the molecule is COc1cc(CN(C)C(=O)c2sc3ncnc(-c4ccc(C)nc4)c3c2C)ccn1. The van der Waals surface area contributed by atoms with Gasteiger partial charge in [-0.05, 0) is 43.2 Å². The van der Waals surface area contributed by atoms with Crippen LogP contribution in [0.1, 0.15) is 26.5 Å². The van der Waals surface area contributed by atoms with Crippen LogP contribution in [0.15, 0.2) is 43.0 Å². The first-order valence-corrected chi connectivity index (χ1v) is 10.2. The molecule has 0 atom stereocenters. The Morgan fingerprint density at radius 3 is 2.70 bits per heavy atom. The summed E-state index contributed by atoms with van der Waals surface area (Å²) >= 11 is 1.39. The van der Waals surface area contributed by atoms with Crippen molar-refractivity contribution in [2.75, 3.05) is 14.2 Å². The Hall–Kier alpha value is -3.39.